The first-order valence-electron chi connectivity index (χ1n) is 40.5. The molecule has 2 aromatic heterocycles. The number of aliphatic carboxylic acids is 3. The Kier molecular flexibility index (Phi) is 42.0. The maximum Gasteiger partial charge on any atom is 0.337 e. The van der Waals surface area contributed by atoms with Crippen molar-refractivity contribution in [2.24, 2.45) is 38.7 Å². The Hall–Kier alpha value is -12.7. The first kappa shape index (κ1) is 103. The minimum absolute atomic E-state index is 0.00351. The monoisotopic (exact) mass is 1800 g/mol. The molecule has 30 N–H and O–H groups in total. The summed E-state index contributed by atoms with van der Waals surface area (Å²) in [7, 11) is 0. The molecule has 0 aliphatic carbocycles. The number of aliphatic hydroxyl groups excluding tert-OH is 6. The fraction of sp³-hybridized carbons (Fsp3) is 0.579. The molecule has 4 aromatic rings. The van der Waals surface area contributed by atoms with Crippen molar-refractivity contribution in [1.29, 1.82) is 0 Å². The van der Waals surface area contributed by atoms with E-state index in [0.717, 1.165) is 25.0 Å². The number of carboxylic acid groups (broad SMARTS) is 3. The van der Waals surface area contributed by atoms with Crippen LogP contribution in [-0.2, 0) is 89.4 Å². The van der Waals surface area contributed by atoms with Crippen LogP contribution >= 0.6 is 0 Å². The van der Waals surface area contributed by atoms with Gasteiger partial charge >= 0.3 is 17.9 Å². The van der Waals surface area contributed by atoms with Crippen LogP contribution < -0.4 is 87.2 Å². The van der Waals surface area contributed by atoms with Crippen LogP contribution in [0.5, 0.6) is 0 Å². The molecule has 2 fully saturated rings. The van der Waals surface area contributed by atoms with Crippen LogP contribution in [0.2, 0.25) is 0 Å². The number of nitrogens with zero attached hydrogens (tertiary/aromatic N) is 8. The Bertz CT molecular complexity index is 4390. The number of carbonyl (C=O) groups excluding carboxylic acids is 11. The number of carboxylic acids is 3. The Balaban J connectivity index is 0.000000369. The smallest absolute Gasteiger partial charge is 0.337 e. The van der Waals surface area contributed by atoms with E-state index in [0.29, 0.717) is 6.42 Å². The average Bonchev–Trinajstić information content (AvgIpc) is 1.62. The fourth-order valence-electron chi connectivity index (χ4n) is 13.2. The topological polar surface area (TPSA) is 788 Å². The van der Waals surface area contributed by atoms with Crippen LogP contribution in [0.4, 0.5) is 8.78 Å². The van der Waals surface area contributed by atoms with Gasteiger partial charge in [0, 0.05) is 39.3 Å². The number of alkyl halides is 2. The zero-order valence-corrected chi connectivity index (χ0v) is 69.3. The number of aromatic nitrogens is 6. The Morgan fingerprint density at radius 3 is 1.22 bits per heavy atom. The number of carbonyl (C=O) groups is 14. The second-order valence-corrected chi connectivity index (χ2v) is 29.9. The molecular weight excluding hydrogens is 1690 g/mol. The number of fused-ring (bicyclic) bond motifs is 4. The Morgan fingerprint density at radius 1 is 0.480 bits per heavy atom. The lowest BCUT2D eigenvalue weighted by Gasteiger charge is -2.40. The zero-order valence-electron chi connectivity index (χ0n) is 69.3. The Labute approximate surface area is 724 Å². The summed E-state index contributed by atoms with van der Waals surface area (Å²) in [5.74, 6) is -13.5. The van der Waals surface area contributed by atoms with Crippen LogP contribution in [0.1, 0.15) is 138 Å². The first-order valence-corrected chi connectivity index (χ1v) is 40.5. The van der Waals surface area contributed by atoms with Crippen molar-refractivity contribution >= 4 is 94.8 Å². The lowest BCUT2D eigenvalue weighted by Crippen LogP contribution is -2.63. The molecule has 49 nitrogen and oxygen atoms in total. The fourth-order valence-corrected chi connectivity index (χ4v) is 13.2. The summed E-state index contributed by atoms with van der Waals surface area (Å²) >= 11 is 0. The largest absolute Gasteiger partial charge is 0.481 e. The summed E-state index contributed by atoms with van der Waals surface area (Å²) in [5.41, 5.74) is 29.2. The van der Waals surface area contributed by atoms with E-state index >= 15 is 0 Å². The van der Waals surface area contributed by atoms with Crippen molar-refractivity contribution in [3.05, 3.63) is 95.6 Å². The highest BCUT2D eigenvalue weighted by atomic mass is 19.1. The van der Waals surface area contributed by atoms with Gasteiger partial charge in [0.15, 0.2) is 36.5 Å². The summed E-state index contributed by atoms with van der Waals surface area (Å²) in [6.45, 7) is 0.193. The molecule has 700 valence electrons. The molecule has 4 aliphatic heterocycles. The predicted molar refractivity (Wildman–Crippen MR) is 436 cm³/mol. The van der Waals surface area contributed by atoms with E-state index in [1.807, 2.05) is 0 Å². The molecule has 6 heterocycles. The average molecular weight is 1800 g/mol. The predicted octanol–water partition coefficient (Wildman–Crippen LogP) is -9.17. The zero-order chi connectivity index (χ0) is 93.7. The van der Waals surface area contributed by atoms with Gasteiger partial charge in [0.1, 0.15) is 90.4 Å². The van der Waals surface area contributed by atoms with E-state index in [1.165, 1.54) is 21.8 Å². The lowest BCUT2D eigenvalue weighted by molar-refractivity contribution is -0.219. The van der Waals surface area contributed by atoms with Gasteiger partial charge in [0.05, 0.1) is 56.5 Å². The van der Waals surface area contributed by atoms with Gasteiger partial charge in [-0.2, -0.15) is 0 Å². The molecule has 0 radical (unpaired) electrons. The third-order valence-electron chi connectivity index (χ3n) is 20.0. The van der Waals surface area contributed by atoms with Crippen LogP contribution in [0.25, 0.3) is 0 Å². The second kappa shape index (κ2) is 51.7. The van der Waals surface area contributed by atoms with Crippen molar-refractivity contribution in [3.8, 4) is 0 Å². The van der Waals surface area contributed by atoms with E-state index in [9.17, 15) is 117 Å². The summed E-state index contributed by atoms with van der Waals surface area (Å²) in [5, 5.41) is 133. The van der Waals surface area contributed by atoms with E-state index in [4.69, 9.17) is 43.2 Å². The molecule has 0 saturated carbocycles. The summed E-state index contributed by atoms with van der Waals surface area (Å²) < 4.78 is 38.0. The highest BCUT2D eigenvalue weighted by Gasteiger charge is 2.48. The van der Waals surface area contributed by atoms with Crippen LogP contribution in [-0.4, -0.2) is 321 Å². The number of unbranched alkanes of at least 4 members (excludes halogenated alkanes) is 2. The number of halogens is 2. The number of ether oxygens (including phenoxy) is 2. The minimum atomic E-state index is -1.88. The van der Waals surface area contributed by atoms with E-state index in [2.05, 4.69) is 89.1 Å². The standard InChI is InChI=1S/C38H55FN12O12.C35H52N12O11.C3H5FO2/c1-19(39)33(58)44-16-26-29(55)30(56)31(57)32(63-26)37(62)42-12-6-5-11-25-36(61)47-21(10-7-13-43-38(40)41)34(59)45-17-27(52)46-23(15-28(53)54)35(60)48-22(24-18-51(25)50-49-24)14-20-8-3-2-4-9-20;36-15-24-27(51)28(52)29(53)30(58-24)34(57)39-11-5-4-10-23-33(56)43-19(9-6-12-40-35(37)38)31(54)41-16-25(48)42-21(14-26(49)50)32(55)44-20(22-17-47(23)46-45-22)13-18-7-2-1-3-8-18;1-2(4)3(5)6/h2-4,8-9,18-19,21-23,25-26,29-32,55-57H,5-7,10-17H2,1H3,(H,42,62)(H,44,58)(H,45,59)(H,46,52)(H,47,61)(H,48,60)(H,53,54)(H4,40,41,43);1-3,7-8,17,19-21,23-24,27-30,51-53H,4-6,9-16,36H2,(H,39,57)(H,41,54)(H,42,48)(H,43,56)(H,44,55)(H,49,50)(H4,37,38,40);2H,1H3,(H,5,6)/t19-,21-,22-,23-,25-,26+,29-,30?,31-,32?;19-,20-,21-,23-,24+,27-,28?,29-,30?;2-/m000/s1. The van der Waals surface area contributed by atoms with Gasteiger partial charge in [-0.15, -0.1) is 10.2 Å². The molecule has 127 heavy (non-hydrogen) atoms. The van der Waals surface area contributed by atoms with Gasteiger partial charge in [0.25, 0.3) is 17.7 Å². The molecule has 51 heteroatoms. The normalized spacial score (nSPS) is 26.0. The molecule has 20 atom stereocenters. The molecular formula is C76H112F2N24O25. The number of nitrogens with one attached hydrogen (secondary N) is 11. The van der Waals surface area contributed by atoms with Gasteiger partial charge in [-0.3, -0.25) is 72.3 Å². The summed E-state index contributed by atoms with van der Waals surface area (Å²) in [6.07, 6.45) is -16.2. The quantitative estimate of drug-likeness (QED) is 0.0120. The molecule has 4 aliphatic rings. The van der Waals surface area contributed by atoms with Crippen molar-refractivity contribution in [1.82, 2.24) is 88.5 Å². The number of aliphatic imine (C=N–C) groups is 2. The first-order chi connectivity index (χ1) is 60.3. The van der Waals surface area contributed by atoms with Crippen LogP contribution in [0, 0.1) is 0 Å². The maximum absolute atomic E-state index is 14.1. The van der Waals surface area contributed by atoms with E-state index < -0.39 is 237 Å². The summed E-state index contributed by atoms with van der Waals surface area (Å²) in [6, 6.07) is 8.29. The van der Waals surface area contributed by atoms with Gasteiger partial charge in [-0.1, -0.05) is 71.1 Å². The molecule has 8 rings (SSSR count). The van der Waals surface area contributed by atoms with Crippen molar-refractivity contribution in [2.75, 3.05) is 52.4 Å². The molecule has 4 unspecified atom stereocenters. The van der Waals surface area contributed by atoms with Crippen molar-refractivity contribution in [3.63, 3.8) is 0 Å². The minimum Gasteiger partial charge on any atom is -0.481 e. The van der Waals surface area contributed by atoms with Crippen molar-refractivity contribution in [2.45, 2.75) is 225 Å². The number of hydrogen-bond donors (Lipinski definition) is 25. The maximum atomic E-state index is 14.1. The highest BCUT2D eigenvalue weighted by Crippen LogP contribution is 2.27. The second-order valence-electron chi connectivity index (χ2n) is 29.9. The number of rotatable bonds is 33. The van der Waals surface area contributed by atoms with Gasteiger partial charge in [-0.25, -0.2) is 22.9 Å². The van der Waals surface area contributed by atoms with Gasteiger partial charge < -0.3 is 143 Å². The van der Waals surface area contributed by atoms with E-state index in [-0.39, 0.29) is 127 Å². The molecule has 2 aromatic carbocycles. The molecule has 4 bridgehead atoms. The van der Waals surface area contributed by atoms with E-state index in [1.54, 1.807) is 60.7 Å². The van der Waals surface area contributed by atoms with Gasteiger partial charge in [0.2, 0.25) is 47.3 Å². The van der Waals surface area contributed by atoms with Crippen molar-refractivity contribution < 1.29 is 131 Å². The highest BCUT2D eigenvalue weighted by molar-refractivity contribution is 5.96. The van der Waals surface area contributed by atoms with Crippen LogP contribution in [0.15, 0.2) is 83.0 Å². The molecule has 0 spiro atoms. The SMILES string of the molecule is C[C@H](F)C(=O)NC[C@H]1OC(C(=O)NCCCC[C@H]2C(=O)N[C@@H](CCCN=C(N)N)C(=O)NCC(=O)N[C@@H](CC(=O)O)C(=O)N[C@@H](Cc3ccccc3)c3cn2nn3)[C@@H](O)C(O)[C@H]1O.C[C@H](F)C(=O)O.NC[C@H]1OC(C(=O)NCCCC[C@H]2C(=O)N[C@@H](CCCN=C(N)N)C(=O)NCC(=O)N[C@@H](CC(=O)O)C(=O)N[C@@H](Cc3ccccc3)c3cn2nn3)[C@@H](O)C(O)[C@H]1O. The number of benzene rings is 2. The molecule has 2 saturated heterocycles. The van der Waals surface area contributed by atoms with Gasteiger partial charge in [-0.05, 0) is 102 Å². The van der Waals surface area contributed by atoms with Crippen LogP contribution in [0.3, 0.4) is 0 Å². The third kappa shape index (κ3) is 33.6. The number of guanidine groups is 2. The molecule has 11 amide bonds. The lowest BCUT2D eigenvalue weighted by atomic mass is 9.94. The number of hydrogen-bond acceptors (Lipinski definition) is 29. The third-order valence-corrected chi connectivity index (χ3v) is 20.0. The Morgan fingerprint density at radius 2 is 0.858 bits per heavy atom. The number of aliphatic hydroxyl groups is 6. The summed E-state index contributed by atoms with van der Waals surface area (Å²) in [4.78, 5) is 186. The number of amides is 11. The number of nitrogens with two attached hydrogens (primary N) is 5.